The van der Waals surface area contributed by atoms with Crippen molar-refractivity contribution in [3.63, 3.8) is 0 Å². The molecule has 6 rings (SSSR count). The molecule has 0 radical (unpaired) electrons. The van der Waals surface area contributed by atoms with Gasteiger partial charge in [0.2, 0.25) is 6.17 Å². The predicted octanol–water partition coefficient (Wildman–Crippen LogP) is 3.94. The van der Waals surface area contributed by atoms with Gasteiger partial charge in [-0.1, -0.05) is 53.6 Å². The van der Waals surface area contributed by atoms with E-state index in [9.17, 15) is 9.18 Å². The lowest BCUT2D eigenvalue weighted by Crippen LogP contribution is -2.36. The standard InChI is InChI=1S/C27H23FN6O3/c28-21-16-18(34-12-14-36-15-13-34)10-11-19(21)26-32-33-27(37-26)31-24-25(35)29-22-9-5-4-8-20(22)23(30-24)17-6-2-1-3-7-17/h1-11,16,24H,12-15H2,(H,29,35)(H,31,33)/t24-/m1/s1. The molecule has 2 aliphatic rings. The molecule has 1 saturated heterocycles. The first-order chi connectivity index (χ1) is 18.2. The summed E-state index contributed by atoms with van der Waals surface area (Å²) in [5, 5.41) is 13.8. The van der Waals surface area contributed by atoms with E-state index in [1.807, 2.05) is 60.7 Å². The van der Waals surface area contributed by atoms with Crippen molar-refractivity contribution in [1.29, 1.82) is 0 Å². The molecule has 0 saturated carbocycles. The van der Waals surface area contributed by atoms with Crippen LogP contribution < -0.4 is 15.5 Å². The summed E-state index contributed by atoms with van der Waals surface area (Å²) in [7, 11) is 0. The summed E-state index contributed by atoms with van der Waals surface area (Å²) in [6.45, 7) is 2.62. The van der Waals surface area contributed by atoms with Crippen LogP contribution >= 0.6 is 0 Å². The average Bonchev–Trinajstić information content (AvgIpc) is 3.35. The first-order valence-corrected chi connectivity index (χ1v) is 11.9. The van der Waals surface area contributed by atoms with Gasteiger partial charge in [0, 0.05) is 29.9 Å². The smallest absolute Gasteiger partial charge is 0.317 e. The molecule has 1 amide bonds. The van der Waals surface area contributed by atoms with Crippen molar-refractivity contribution in [2.75, 3.05) is 41.8 Å². The topological polar surface area (TPSA) is 105 Å². The number of aliphatic imine (C=N–C) groups is 1. The number of nitrogens with one attached hydrogen (secondary N) is 2. The Morgan fingerprint density at radius 2 is 1.73 bits per heavy atom. The highest BCUT2D eigenvalue weighted by Gasteiger charge is 2.27. The van der Waals surface area contributed by atoms with Crippen LogP contribution in [0.4, 0.5) is 21.8 Å². The molecule has 10 heteroatoms. The number of hydrogen-bond acceptors (Lipinski definition) is 8. The summed E-state index contributed by atoms with van der Waals surface area (Å²) in [6, 6.07) is 21.9. The zero-order chi connectivity index (χ0) is 25.2. The number of morpholine rings is 1. The van der Waals surface area contributed by atoms with E-state index >= 15 is 0 Å². The van der Waals surface area contributed by atoms with Crippen LogP contribution in [-0.4, -0.2) is 54.3 Å². The van der Waals surface area contributed by atoms with E-state index in [0.29, 0.717) is 37.7 Å². The third-order valence-electron chi connectivity index (χ3n) is 6.24. The first kappa shape index (κ1) is 22.9. The highest BCUT2D eigenvalue weighted by atomic mass is 19.1. The second kappa shape index (κ2) is 9.82. The van der Waals surface area contributed by atoms with Crippen molar-refractivity contribution < 1.29 is 18.3 Å². The van der Waals surface area contributed by atoms with E-state index in [2.05, 4.69) is 25.7 Å². The van der Waals surface area contributed by atoms with Gasteiger partial charge in [0.05, 0.1) is 30.2 Å². The number of halogens is 1. The molecule has 0 spiro atoms. The number of ether oxygens (including phenoxy) is 1. The maximum Gasteiger partial charge on any atom is 0.317 e. The summed E-state index contributed by atoms with van der Waals surface area (Å²) in [5.74, 6) is -0.872. The Kier molecular flexibility index (Phi) is 6.07. The minimum absolute atomic E-state index is 0.00175. The fourth-order valence-corrected chi connectivity index (χ4v) is 4.38. The molecular formula is C27H23FN6O3. The number of nitrogens with zero attached hydrogens (tertiary/aromatic N) is 4. The van der Waals surface area contributed by atoms with Crippen molar-refractivity contribution >= 4 is 29.0 Å². The Labute approximate surface area is 212 Å². The molecule has 186 valence electrons. The molecule has 4 aromatic rings. The monoisotopic (exact) mass is 498 g/mol. The summed E-state index contributed by atoms with van der Waals surface area (Å²) in [4.78, 5) is 19.8. The van der Waals surface area contributed by atoms with Gasteiger partial charge in [0.25, 0.3) is 11.8 Å². The minimum atomic E-state index is -1.05. The number of benzene rings is 3. The molecular weight excluding hydrogens is 475 g/mol. The quantitative estimate of drug-likeness (QED) is 0.429. The lowest BCUT2D eigenvalue weighted by molar-refractivity contribution is -0.116. The lowest BCUT2D eigenvalue weighted by atomic mass is 10.0. The Morgan fingerprint density at radius 3 is 2.54 bits per heavy atom. The van der Waals surface area contributed by atoms with Gasteiger partial charge in [-0.25, -0.2) is 9.38 Å². The second-order valence-corrected chi connectivity index (χ2v) is 8.60. The lowest BCUT2D eigenvalue weighted by Gasteiger charge is -2.28. The van der Waals surface area contributed by atoms with E-state index in [0.717, 1.165) is 16.8 Å². The number of carbonyl (C=O) groups excluding carboxylic acids is 1. The van der Waals surface area contributed by atoms with Crippen LogP contribution in [0.25, 0.3) is 11.5 Å². The van der Waals surface area contributed by atoms with Crippen LogP contribution in [0.3, 0.4) is 0 Å². The number of rotatable bonds is 5. The van der Waals surface area contributed by atoms with Crippen LogP contribution in [-0.2, 0) is 9.53 Å². The number of carbonyl (C=O) groups is 1. The van der Waals surface area contributed by atoms with Gasteiger partial charge in [-0.2, -0.15) is 0 Å². The van der Waals surface area contributed by atoms with E-state index < -0.39 is 12.0 Å². The number of benzodiazepines with no additional fused rings is 1. The summed E-state index contributed by atoms with van der Waals surface area (Å²) in [6.07, 6.45) is -1.05. The maximum atomic E-state index is 15.0. The van der Waals surface area contributed by atoms with E-state index in [1.54, 1.807) is 6.07 Å². The summed E-state index contributed by atoms with van der Waals surface area (Å²) < 4.78 is 26.0. The van der Waals surface area contributed by atoms with Crippen molar-refractivity contribution in [2.45, 2.75) is 6.17 Å². The zero-order valence-corrected chi connectivity index (χ0v) is 19.7. The molecule has 2 aliphatic heterocycles. The van der Waals surface area contributed by atoms with Crippen LogP contribution in [0.15, 0.2) is 82.2 Å². The summed E-state index contributed by atoms with van der Waals surface area (Å²) in [5.41, 5.74) is 3.86. The molecule has 0 aliphatic carbocycles. The van der Waals surface area contributed by atoms with Gasteiger partial charge in [-0.05, 0) is 24.3 Å². The Hall–Kier alpha value is -4.57. The van der Waals surface area contributed by atoms with Crippen molar-refractivity contribution in [3.05, 3.63) is 89.7 Å². The minimum Gasteiger partial charge on any atom is -0.403 e. The van der Waals surface area contributed by atoms with Gasteiger partial charge < -0.3 is 24.7 Å². The largest absolute Gasteiger partial charge is 0.403 e. The van der Waals surface area contributed by atoms with Crippen molar-refractivity contribution in [2.24, 2.45) is 4.99 Å². The van der Waals surface area contributed by atoms with E-state index in [-0.39, 0.29) is 23.4 Å². The molecule has 1 aromatic heterocycles. The van der Waals surface area contributed by atoms with Gasteiger partial charge in [0.15, 0.2) is 0 Å². The number of anilines is 3. The second-order valence-electron chi connectivity index (χ2n) is 8.60. The van der Waals surface area contributed by atoms with Gasteiger partial charge >= 0.3 is 6.01 Å². The van der Waals surface area contributed by atoms with Gasteiger partial charge in [0.1, 0.15) is 5.82 Å². The number of fused-ring (bicyclic) bond motifs is 1. The van der Waals surface area contributed by atoms with Crippen LogP contribution in [0, 0.1) is 5.82 Å². The third-order valence-corrected chi connectivity index (χ3v) is 6.24. The Bertz CT molecular complexity index is 1470. The van der Waals surface area contributed by atoms with Crippen LogP contribution in [0.1, 0.15) is 11.1 Å². The fraction of sp³-hybridized carbons (Fsp3) is 0.185. The number of aromatic nitrogens is 2. The summed E-state index contributed by atoms with van der Waals surface area (Å²) >= 11 is 0. The Balaban J connectivity index is 1.27. The SMILES string of the molecule is O=C1Nc2ccccc2C(c2ccccc2)=N[C@@H]1Nc1nnc(-c2ccc(N3CCOCC3)cc2F)o1. The number of amides is 1. The fourth-order valence-electron chi connectivity index (χ4n) is 4.38. The zero-order valence-electron chi connectivity index (χ0n) is 19.7. The number of para-hydroxylation sites is 1. The molecule has 9 nitrogen and oxygen atoms in total. The van der Waals surface area contributed by atoms with Crippen molar-refractivity contribution in [1.82, 2.24) is 10.2 Å². The molecule has 0 unspecified atom stereocenters. The molecule has 2 N–H and O–H groups in total. The molecule has 0 bridgehead atoms. The molecule has 37 heavy (non-hydrogen) atoms. The van der Waals surface area contributed by atoms with E-state index in [4.69, 9.17) is 14.1 Å². The van der Waals surface area contributed by atoms with Gasteiger partial charge in [-0.3, -0.25) is 4.79 Å². The first-order valence-electron chi connectivity index (χ1n) is 11.9. The maximum absolute atomic E-state index is 15.0. The molecule has 1 atom stereocenters. The molecule has 3 aromatic carbocycles. The third kappa shape index (κ3) is 4.66. The highest BCUT2D eigenvalue weighted by Crippen LogP contribution is 2.29. The van der Waals surface area contributed by atoms with E-state index in [1.165, 1.54) is 6.07 Å². The van der Waals surface area contributed by atoms with Crippen LogP contribution in [0.5, 0.6) is 0 Å². The van der Waals surface area contributed by atoms with Crippen LogP contribution in [0.2, 0.25) is 0 Å². The highest BCUT2D eigenvalue weighted by molar-refractivity contribution is 6.19. The number of hydrogen-bond donors (Lipinski definition) is 2. The predicted molar refractivity (Wildman–Crippen MR) is 137 cm³/mol. The average molecular weight is 499 g/mol. The van der Waals surface area contributed by atoms with Gasteiger partial charge in [-0.15, -0.1) is 5.10 Å². The normalized spacial score (nSPS) is 17.4. The molecule has 1 fully saturated rings. The molecule has 3 heterocycles. The Morgan fingerprint density at radius 1 is 0.946 bits per heavy atom. The van der Waals surface area contributed by atoms with Crippen molar-refractivity contribution in [3.8, 4) is 11.5 Å².